The van der Waals surface area contributed by atoms with E-state index in [1.54, 1.807) is 0 Å². The van der Waals surface area contributed by atoms with Gasteiger partial charge in [0, 0.05) is 32.2 Å². The van der Waals surface area contributed by atoms with Crippen molar-refractivity contribution in [1.82, 2.24) is 9.03 Å². The van der Waals surface area contributed by atoms with E-state index < -0.39 is 20.2 Å². The molecule has 11 heteroatoms. The third kappa shape index (κ3) is 5.25. The lowest BCUT2D eigenvalue weighted by molar-refractivity contribution is 0.506. The molecule has 0 atom stereocenters. The van der Waals surface area contributed by atoms with Crippen LogP contribution in [-0.4, -0.2) is 54.6 Å². The van der Waals surface area contributed by atoms with Gasteiger partial charge in [0.05, 0.1) is 17.0 Å². The summed E-state index contributed by atoms with van der Waals surface area (Å²) < 4.78 is 51.3. The fourth-order valence-electron chi connectivity index (χ4n) is 1.55. The first-order valence-electron chi connectivity index (χ1n) is 6.05. The molecule has 0 heterocycles. The second-order valence-corrected chi connectivity index (χ2v) is 9.33. The highest BCUT2D eigenvalue weighted by Crippen LogP contribution is 2.30. The van der Waals surface area contributed by atoms with Crippen molar-refractivity contribution < 1.29 is 16.8 Å². The van der Waals surface area contributed by atoms with Crippen molar-refractivity contribution >= 4 is 49.1 Å². The molecule has 0 fully saturated rings. The van der Waals surface area contributed by atoms with Gasteiger partial charge < -0.3 is 0 Å². The third-order valence-corrected chi connectivity index (χ3v) is 5.91. The van der Waals surface area contributed by atoms with Gasteiger partial charge in [0.2, 0.25) is 10.0 Å². The van der Waals surface area contributed by atoms with Crippen LogP contribution in [0, 0.1) is 0 Å². The van der Waals surface area contributed by atoms with Gasteiger partial charge in [-0.05, 0) is 18.2 Å². The number of hydrogen-bond acceptors (Lipinski definition) is 4. The Morgan fingerprint density at radius 1 is 1.14 bits per heavy atom. The highest BCUT2D eigenvalue weighted by molar-refractivity contribution is 7.92. The Kier molecular flexibility index (Phi) is 6.48. The van der Waals surface area contributed by atoms with Crippen molar-refractivity contribution in [3.8, 4) is 0 Å². The molecule has 126 valence electrons. The second-order valence-electron chi connectivity index (χ2n) is 4.61. The Balaban J connectivity index is 2.97. The quantitative estimate of drug-likeness (QED) is 0.757. The van der Waals surface area contributed by atoms with Crippen LogP contribution < -0.4 is 9.03 Å². The van der Waals surface area contributed by atoms with E-state index in [-0.39, 0.29) is 23.8 Å². The fourth-order valence-corrected chi connectivity index (χ4v) is 3.66. The van der Waals surface area contributed by atoms with Crippen LogP contribution in [0.2, 0.25) is 10.0 Å². The zero-order valence-electron chi connectivity index (χ0n) is 12.2. The topological polar surface area (TPSA) is 86.8 Å². The molecule has 7 nitrogen and oxygen atoms in total. The van der Waals surface area contributed by atoms with E-state index in [4.69, 9.17) is 23.2 Å². The molecule has 1 rings (SSSR count). The minimum atomic E-state index is -3.63. The van der Waals surface area contributed by atoms with Crippen molar-refractivity contribution in [3.05, 3.63) is 28.2 Å². The third-order valence-electron chi connectivity index (χ3n) is 2.66. The number of nitrogens with one attached hydrogen (secondary N) is 1. The number of nitrogens with zero attached hydrogens (tertiary/aromatic N) is 2. The van der Waals surface area contributed by atoms with Gasteiger partial charge in [0.1, 0.15) is 0 Å². The monoisotopic (exact) mass is 389 g/mol. The average molecular weight is 390 g/mol. The molecule has 0 aromatic heterocycles. The second kappa shape index (κ2) is 7.33. The summed E-state index contributed by atoms with van der Waals surface area (Å²) >= 11 is 11.8. The molecule has 0 saturated carbocycles. The summed E-state index contributed by atoms with van der Waals surface area (Å²) in [5.41, 5.74) is 0.234. The smallest absolute Gasteiger partial charge is 0.268 e. The van der Waals surface area contributed by atoms with Gasteiger partial charge in [-0.2, -0.15) is 12.7 Å². The molecule has 0 unspecified atom stereocenters. The van der Waals surface area contributed by atoms with Gasteiger partial charge >= 0.3 is 0 Å². The van der Waals surface area contributed by atoms with Crippen LogP contribution in [0.3, 0.4) is 0 Å². The van der Waals surface area contributed by atoms with Crippen LogP contribution in [0.4, 0.5) is 5.69 Å². The number of anilines is 1. The Hall–Kier alpha value is -0.580. The van der Waals surface area contributed by atoms with Crippen molar-refractivity contribution in [2.75, 3.05) is 37.7 Å². The van der Waals surface area contributed by atoms with Crippen LogP contribution in [0.25, 0.3) is 0 Å². The molecule has 22 heavy (non-hydrogen) atoms. The zero-order chi connectivity index (χ0) is 17.1. The maximum atomic E-state index is 11.9. The fraction of sp³-hybridized carbons (Fsp3) is 0.455. The maximum Gasteiger partial charge on any atom is 0.278 e. The molecular weight excluding hydrogens is 373 g/mol. The number of benzene rings is 1. The Labute approximate surface area is 141 Å². The Morgan fingerprint density at radius 3 is 2.18 bits per heavy atom. The van der Waals surface area contributed by atoms with Gasteiger partial charge in [-0.15, -0.1) is 0 Å². The number of hydrogen-bond donors (Lipinski definition) is 1. The molecule has 0 bridgehead atoms. The molecule has 0 saturated heterocycles. The maximum absolute atomic E-state index is 11.9. The molecule has 0 spiro atoms. The molecule has 1 aromatic carbocycles. The van der Waals surface area contributed by atoms with Gasteiger partial charge in [-0.3, -0.25) is 4.31 Å². The molecule has 0 amide bonds. The standard InChI is InChI=1S/C11H17Cl2N3O4S2/c1-15(2)22(19,20)14-6-7-16(21(3,17)18)11-5-4-9(12)8-10(11)13/h4-5,8,14H,6-7H2,1-3H3. The van der Waals surface area contributed by atoms with E-state index in [9.17, 15) is 16.8 Å². The normalized spacial score (nSPS) is 12.6. The largest absolute Gasteiger partial charge is 0.278 e. The SMILES string of the molecule is CN(C)S(=O)(=O)NCCN(c1ccc(Cl)cc1Cl)S(C)(=O)=O. The minimum Gasteiger partial charge on any atom is -0.268 e. The van der Waals surface area contributed by atoms with Crippen LogP contribution in [0.15, 0.2) is 18.2 Å². The van der Waals surface area contributed by atoms with Gasteiger partial charge in [-0.1, -0.05) is 23.2 Å². The summed E-state index contributed by atoms with van der Waals surface area (Å²) in [5.74, 6) is 0. The van der Waals surface area contributed by atoms with E-state index in [2.05, 4.69) is 4.72 Å². The molecule has 0 aliphatic heterocycles. The molecule has 0 radical (unpaired) electrons. The van der Waals surface area contributed by atoms with Crippen LogP contribution >= 0.6 is 23.2 Å². The van der Waals surface area contributed by atoms with Gasteiger partial charge in [0.25, 0.3) is 10.2 Å². The first-order valence-corrected chi connectivity index (χ1v) is 10.1. The first kappa shape index (κ1) is 19.5. The summed E-state index contributed by atoms with van der Waals surface area (Å²) in [7, 11) is -4.53. The summed E-state index contributed by atoms with van der Waals surface area (Å²) in [5, 5.41) is 0.531. The van der Waals surface area contributed by atoms with E-state index in [0.29, 0.717) is 5.02 Å². The highest BCUT2D eigenvalue weighted by atomic mass is 35.5. The van der Waals surface area contributed by atoms with Crippen LogP contribution in [0.1, 0.15) is 0 Å². The van der Waals surface area contributed by atoms with Crippen molar-refractivity contribution in [3.63, 3.8) is 0 Å². The number of sulfonamides is 1. The van der Waals surface area contributed by atoms with E-state index >= 15 is 0 Å². The highest BCUT2D eigenvalue weighted by Gasteiger charge is 2.21. The molecular formula is C11H17Cl2N3O4S2. The van der Waals surface area contributed by atoms with Crippen molar-refractivity contribution in [2.24, 2.45) is 0 Å². The lowest BCUT2D eigenvalue weighted by Crippen LogP contribution is -2.42. The summed E-state index contributed by atoms with van der Waals surface area (Å²) in [4.78, 5) is 0. The van der Waals surface area contributed by atoms with Crippen molar-refractivity contribution in [2.45, 2.75) is 0 Å². The number of rotatable bonds is 7. The van der Waals surface area contributed by atoms with Crippen LogP contribution in [-0.2, 0) is 20.2 Å². The van der Waals surface area contributed by atoms with Crippen LogP contribution in [0.5, 0.6) is 0 Å². The summed E-state index contributed by atoms with van der Waals surface area (Å²) in [6, 6.07) is 4.39. The Bertz CT molecular complexity index is 736. The van der Waals surface area contributed by atoms with E-state index in [0.717, 1.165) is 14.9 Å². The summed E-state index contributed by atoms with van der Waals surface area (Å²) in [6.45, 7) is -0.209. The first-order chi connectivity index (χ1) is 9.95. The van der Waals surface area contributed by atoms with Crippen molar-refractivity contribution in [1.29, 1.82) is 0 Å². The lowest BCUT2D eigenvalue weighted by atomic mass is 10.3. The van der Waals surface area contributed by atoms with E-state index in [1.807, 2.05) is 0 Å². The molecule has 0 aliphatic rings. The summed E-state index contributed by atoms with van der Waals surface area (Å²) in [6.07, 6.45) is 1.01. The van der Waals surface area contributed by atoms with Gasteiger partial charge in [-0.25, -0.2) is 13.1 Å². The average Bonchev–Trinajstić information content (AvgIpc) is 2.34. The minimum absolute atomic E-state index is 0.104. The van der Waals surface area contributed by atoms with Gasteiger partial charge in [0.15, 0.2) is 0 Å². The molecule has 1 N–H and O–H groups in total. The predicted octanol–water partition coefficient (Wildman–Crippen LogP) is 1.16. The zero-order valence-corrected chi connectivity index (χ0v) is 15.4. The molecule has 0 aliphatic carbocycles. The lowest BCUT2D eigenvalue weighted by Gasteiger charge is -2.24. The molecule has 1 aromatic rings. The van der Waals surface area contributed by atoms with E-state index in [1.165, 1.54) is 32.3 Å². The number of halogens is 2. The Morgan fingerprint density at radius 2 is 1.73 bits per heavy atom. The predicted molar refractivity (Wildman–Crippen MR) is 89.3 cm³/mol.